The van der Waals surface area contributed by atoms with Crippen LogP contribution in [-0.2, 0) is 0 Å². The van der Waals surface area contributed by atoms with Crippen LogP contribution in [0.5, 0.6) is 5.75 Å². The Hall–Kier alpha value is -3.76. The highest BCUT2D eigenvalue weighted by Crippen LogP contribution is 2.36. The quantitative estimate of drug-likeness (QED) is 0.648. The van der Waals surface area contributed by atoms with Crippen molar-refractivity contribution in [1.29, 1.82) is 0 Å². The third-order valence-corrected chi connectivity index (χ3v) is 4.88. The molecule has 1 aromatic carbocycles. The van der Waals surface area contributed by atoms with Crippen molar-refractivity contribution in [2.75, 3.05) is 36.0 Å². The Balaban J connectivity index is 1.69. The van der Waals surface area contributed by atoms with Gasteiger partial charge in [-0.25, -0.2) is 14.8 Å². The number of carboxylic acid groups (broad SMARTS) is 1. The van der Waals surface area contributed by atoms with Crippen LogP contribution in [0.1, 0.15) is 10.4 Å². The summed E-state index contributed by atoms with van der Waals surface area (Å²) in [7, 11) is 0. The molecule has 0 spiro atoms. The second-order valence-electron chi connectivity index (χ2n) is 6.57. The molecule has 0 radical (unpaired) electrons. The van der Waals surface area contributed by atoms with Crippen LogP contribution >= 0.6 is 0 Å². The SMILES string of the molecule is O=C(O)c1c[nH]c2c(OC(F)F)c(N3CCN(c4ncccn4)CC3)ccc2c1=O. The van der Waals surface area contributed by atoms with E-state index < -0.39 is 23.6 Å². The van der Waals surface area contributed by atoms with Crippen molar-refractivity contribution < 1.29 is 23.4 Å². The number of fused-ring (bicyclic) bond motifs is 1. The number of hydrogen-bond acceptors (Lipinski definition) is 7. The molecular formula is C19H17F2N5O4. The van der Waals surface area contributed by atoms with Crippen molar-refractivity contribution in [2.24, 2.45) is 0 Å². The Morgan fingerprint density at radius 1 is 1.13 bits per heavy atom. The molecule has 2 aromatic heterocycles. The molecule has 0 unspecified atom stereocenters. The number of H-pyrrole nitrogens is 1. The van der Waals surface area contributed by atoms with E-state index in [0.29, 0.717) is 37.8 Å². The zero-order chi connectivity index (χ0) is 21.3. The van der Waals surface area contributed by atoms with E-state index in [9.17, 15) is 18.4 Å². The number of carboxylic acids is 1. The molecule has 0 atom stereocenters. The molecule has 156 valence electrons. The standard InChI is InChI=1S/C19H17F2N5O4/c20-18(21)30-16-13(3-2-11-14(16)24-10-12(15(11)27)17(28)29)25-6-8-26(9-7-25)19-22-4-1-5-23-19/h1-5,10,18H,6-9H2,(H,24,27)(H,28,29). The first-order valence-electron chi connectivity index (χ1n) is 9.09. The third-order valence-electron chi connectivity index (χ3n) is 4.88. The number of rotatable bonds is 5. The van der Waals surface area contributed by atoms with E-state index in [4.69, 9.17) is 9.84 Å². The van der Waals surface area contributed by atoms with Gasteiger partial charge in [0.2, 0.25) is 11.4 Å². The van der Waals surface area contributed by atoms with Gasteiger partial charge in [-0.1, -0.05) is 0 Å². The summed E-state index contributed by atoms with van der Waals surface area (Å²) in [6, 6.07) is 4.63. The minimum absolute atomic E-state index is 0.0247. The number of nitrogens with one attached hydrogen (secondary N) is 1. The van der Waals surface area contributed by atoms with Gasteiger partial charge in [-0.3, -0.25) is 4.79 Å². The second-order valence-corrected chi connectivity index (χ2v) is 6.57. The molecular weight excluding hydrogens is 400 g/mol. The minimum atomic E-state index is -3.11. The van der Waals surface area contributed by atoms with E-state index in [1.165, 1.54) is 12.1 Å². The van der Waals surface area contributed by atoms with Gasteiger partial charge in [0.05, 0.1) is 16.6 Å². The Labute approximate surface area is 168 Å². The molecule has 0 amide bonds. The molecule has 4 rings (SSSR count). The van der Waals surface area contributed by atoms with Crippen LogP contribution in [0.3, 0.4) is 0 Å². The molecule has 1 saturated heterocycles. The highest BCUT2D eigenvalue weighted by molar-refractivity contribution is 5.96. The summed E-state index contributed by atoms with van der Waals surface area (Å²) >= 11 is 0. The molecule has 1 fully saturated rings. The largest absolute Gasteiger partial charge is 0.477 e. The summed E-state index contributed by atoms with van der Waals surface area (Å²) in [6.45, 7) is -1.02. The fourth-order valence-corrected chi connectivity index (χ4v) is 3.48. The van der Waals surface area contributed by atoms with Gasteiger partial charge >= 0.3 is 12.6 Å². The number of aromatic carboxylic acids is 1. The van der Waals surface area contributed by atoms with E-state index >= 15 is 0 Å². The molecule has 11 heteroatoms. The number of carbonyl (C=O) groups is 1. The molecule has 30 heavy (non-hydrogen) atoms. The number of halogens is 2. The van der Waals surface area contributed by atoms with Crippen molar-refractivity contribution in [3.63, 3.8) is 0 Å². The first kappa shape index (κ1) is 19.6. The summed E-state index contributed by atoms with van der Waals surface area (Å²) < 4.78 is 31.0. The fraction of sp³-hybridized carbons (Fsp3) is 0.263. The number of aromatic nitrogens is 3. The molecule has 2 N–H and O–H groups in total. The fourth-order valence-electron chi connectivity index (χ4n) is 3.48. The van der Waals surface area contributed by atoms with Gasteiger partial charge < -0.3 is 24.6 Å². The van der Waals surface area contributed by atoms with Crippen LogP contribution in [0, 0.1) is 0 Å². The number of alkyl halides is 2. The highest BCUT2D eigenvalue weighted by atomic mass is 19.3. The lowest BCUT2D eigenvalue weighted by atomic mass is 10.1. The molecule has 0 saturated carbocycles. The Bertz CT molecular complexity index is 1130. The average Bonchev–Trinajstić information content (AvgIpc) is 2.74. The lowest BCUT2D eigenvalue weighted by molar-refractivity contribution is -0.0486. The third kappa shape index (κ3) is 3.61. The van der Waals surface area contributed by atoms with Gasteiger partial charge in [-0.15, -0.1) is 0 Å². The molecule has 1 aliphatic rings. The highest BCUT2D eigenvalue weighted by Gasteiger charge is 2.25. The molecule has 0 bridgehead atoms. The number of aromatic amines is 1. The van der Waals surface area contributed by atoms with E-state index in [1.807, 2.05) is 9.80 Å². The summed E-state index contributed by atoms with van der Waals surface area (Å²) in [5.74, 6) is -1.01. The number of nitrogens with zero attached hydrogens (tertiary/aromatic N) is 4. The maximum Gasteiger partial charge on any atom is 0.387 e. The number of ether oxygens (including phenoxy) is 1. The van der Waals surface area contributed by atoms with Gasteiger partial charge in [-0.05, 0) is 18.2 Å². The van der Waals surface area contributed by atoms with Crippen LogP contribution in [-0.4, -0.2) is 58.8 Å². The summed E-state index contributed by atoms with van der Waals surface area (Å²) in [6.07, 6.45) is 4.28. The van der Waals surface area contributed by atoms with E-state index in [0.717, 1.165) is 6.20 Å². The number of hydrogen-bond donors (Lipinski definition) is 2. The smallest absolute Gasteiger partial charge is 0.387 e. The van der Waals surface area contributed by atoms with Crippen LogP contribution in [0.25, 0.3) is 10.9 Å². The first-order chi connectivity index (χ1) is 14.5. The van der Waals surface area contributed by atoms with Crippen molar-refractivity contribution in [3.8, 4) is 5.75 Å². The Morgan fingerprint density at radius 2 is 1.80 bits per heavy atom. The molecule has 9 nitrogen and oxygen atoms in total. The maximum absolute atomic E-state index is 13.1. The lowest BCUT2D eigenvalue weighted by Crippen LogP contribution is -2.47. The van der Waals surface area contributed by atoms with Gasteiger partial charge in [0.1, 0.15) is 5.56 Å². The average molecular weight is 417 g/mol. The molecule has 1 aliphatic heterocycles. The normalized spacial score (nSPS) is 14.4. The lowest BCUT2D eigenvalue weighted by Gasteiger charge is -2.36. The summed E-state index contributed by atoms with van der Waals surface area (Å²) in [4.78, 5) is 38.5. The van der Waals surface area contributed by atoms with Crippen molar-refractivity contribution in [1.82, 2.24) is 15.0 Å². The van der Waals surface area contributed by atoms with Crippen LogP contribution in [0.15, 0.2) is 41.6 Å². The van der Waals surface area contributed by atoms with Gasteiger partial charge in [0.25, 0.3) is 0 Å². The summed E-state index contributed by atoms with van der Waals surface area (Å²) in [5.41, 5.74) is -0.838. The van der Waals surface area contributed by atoms with Crippen LogP contribution in [0.2, 0.25) is 0 Å². The van der Waals surface area contributed by atoms with Crippen molar-refractivity contribution in [3.05, 3.63) is 52.6 Å². The number of piperazine rings is 1. The Kier molecular flexibility index (Phi) is 5.17. The van der Waals surface area contributed by atoms with Crippen molar-refractivity contribution >= 4 is 28.5 Å². The predicted octanol–water partition coefficient (Wildman–Crippen LogP) is 1.94. The van der Waals surface area contributed by atoms with Crippen molar-refractivity contribution in [2.45, 2.75) is 6.61 Å². The minimum Gasteiger partial charge on any atom is -0.477 e. The van der Waals surface area contributed by atoms with E-state index in [1.54, 1.807) is 18.5 Å². The zero-order valence-corrected chi connectivity index (χ0v) is 15.6. The number of pyridine rings is 1. The predicted molar refractivity (Wildman–Crippen MR) is 105 cm³/mol. The monoisotopic (exact) mass is 417 g/mol. The molecule has 3 heterocycles. The van der Waals surface area contributed by atoms with Gasteiger partial charge in [-0.2, -0.15) is 8.78 Å². The summed E-state index contributed by atoms with van der Waals surface area (Å²) in [5, 5.41) is 9.09. The molecule has 3 aromatic rings. The van der Waals surface area contributed by atoms with Gasteiger partial charge in [0.15, 0.2) is 5.75 Å². The molecule has 0 aliphatic carbocycles. The zero-order valence-electron chi connectivity index (χ0n) is 15.6. The number of anilines is 2. The number of benzene rings is 1. The van der Waals surface area contributed by atoms with Crippen LogP contribution in [0.4, 0.5) is 20.4 Å². The second kappa shape index (κ2) is 7.93. The van der Waals surface area contributed by atoms with Crippen LogP contribution < -0.4 is 20.0 Å². The Morgan fingerprint density at radius 3 is 2.43 bits per heavy atom. The first-order valence-corrected chi connectivity index (χ1v) is 9.09. The maximum atomic E-state index is 13.1. The van der Waals surface area contributed by atoms with E-state index in [-0.39, 0.29) is 16.7 Å². The van der Waals surface area contributed by atoms with Gasteiger partial charge in [0, 0.05) is 44.8 Å². The topological polar surface area (TPSA) is 112 Å². The van der Waals surface area contributed by atoms with E-state index in [2.05, 4.69) is 15.0 Å².